The Kier molecular flexibility index (Phi) is 7.32. The molecule has 7 nitrogen and oxygen atoms in total. The lowest BCUT2D eigenvalue weighted by Crippen LogP contribution is -2.22. The minimum Gasteiger partial charge on any atom is -0.490 e. The zero-order valence-electron chi connectivity index (χ0n) is 16.4. The third-order valence-electron chi connectivity index (χ3n) is 3.94. The Labute approximate surface area is 183 Å². The maximum absolute atomic E-state index is 12.5. The van der Waals surface area contributed by atoms with Gasteiger partial charge in [0.25, 0.3) is 5.56 Å². The molecule has 0 spiro atoms. The van der Waals surface area contributed by atoms with Gasteiger partial charge < -0.3 is 9.47 Å². The molecule has 0 fully saturated rings. The number of ether oxygens (including phenoxy) is 2. The molecule has 1 N–H and O–H groups in total. The Hall–Kier alpha value is -3.03. The van der Waals surface area contributed by atoms with Crippen molar-refractivity contribution in [3.05, 3.63) is 74.6 Å². The largest absolute Gasteiger partial charge is 0.490 e. The molecule has 0 aliphatic heterocycles. The van der Waals surface area contributed by atoms with E-state index in [1.165, 1.54) is 17.1 Å². The van der Waals surface area contributed by atoms with Crippen LogP contribution in [0.3, 0.4) is 0 Å². The van der Waals surface area contributed by atoms with Gasteiger partial charge in [0.2, 0.25) is 0 Å². The van der Waals surface area contributed by atoms with Gasteiger partial charge in [0, 0.05) is 0 Å². The van der Waals surface area contributed by atoms with Crippen LogP contribution in [0.2, 0.25) is 10.0 Å². The van der Waals surface area contributed by atoms with Crippen molar-refractivity contribution in [1.82, 2.24) is 9.78 Å². The first-order chi connectivity index (χ1) is 14.5. The van der Waals surface area contributed by atoms with Gasteiger partial charge in [-0.15, -0.1) is 0 Å². The molecular weight excluding hydrogens is 427 g/mol. The number of anilines is 1. The predicted molar refractivity (Wildman–Crippen MR) is 120 cm³/mol. The Morgan fingerprint density at radius 2 is 1.87 bits per heavy atom. The summed E-state index contributed by atoms with van der Waals surface area (Å²) in [7, 11) is 0. The predicted octanol–water partition coefficient (Wildman–Crippen LogP) is 4.78. The second-order valence-corrected chi connectivity index (χ2v) is 6.78. The van der Waals surface area contributed by atoms with Crippen LogP contribution < -0.4 is 20.5 Å². The highest BCUT2D eigenvalue weighted by molar-refractivity contribution is 6.33. The third kappa shape index (κ3) is 4.93. The number of para-hydroxylation sites is 1. The molecule has 30 heavy (non-hydrogen) atoms. The van der Waals surface area contributed by atoms with Crippen molar-refractivity contribution >= 4 is 35.1 Å². The van der Waals surface area contributed by atoms with Crippen molar-refractivity contribution in [2.45, 2.75) is 13.8 Å². The van der Waals surface area contributed by atoms with E-state index in [9.17, 15) is 4.79 Å². The van der Waals surface area contributed by atoms with Gasteiger partial charge in [0.05, 0.1) is 36.3 Å². The number of hydrogen-bond acceptors (Lipinski definition) is 6. The second kappa shape index (κ2) is 10.1. The van der Waals surface area contributed by atoms with E-state index in [0.29, 0.717) is 41.0 Å². The van der Waals surface area contributed by atoms with Gasteiger partial charge in [-0.3, -0.25) is 10.2 Å². The van der Waals surface area contributed by atoms with Crippen LogP contribution >= 0.6 is 23.2 Å². The SMILES string of the molecule is CCOc1cc(/C=N\Nc2cnn(-c3ccccc3)c(=O)c2Cl)cc(Cl)c1OCC. The summed E-state index contributed by atoms with van der Waals surface area (Å²) in [5.41, 5.74) is 3.87. The van der Waals surface area contributed by atoms with E-state index in [1.807, 2.05) is 32.0 Å². The number of aromatic nitrogens is 2. The summed E-state index contributed by atoms with van der Waals surface area (Å²) in [6.45, 7) is 4.68. The van der Waals surface area contributed by atoms with E-state index in [0.717, 1.165) is 0 Å². The molecule has 3 rings (SSSR count). The average Bonchev–Trinajstić information content (AvgIpc) is 2.74. The highest BCUT2D eigenvalue weighted by Gasteiger charge is 2.12. The number of benzene rings is 2. The summed E-state index contributed by atoms with van der Waals surface area (Å²) in [4.78, 5) is 12.5. The molecule has 0 aliphatic rings. The number of nitrogens with zero attached hydrogens (tertiary/aromatic N) is 3. The van der Waals surface area contributed by atoms with Gasteiger partial charge in [-0.25, -0.2) is 0 Å². The minimum absolute atomic E-state index is 0.0225. The first-order valence-electron chi connectivity index (χ1n) is 9.26. The maximum Gasteiger partial charge on any atom is 0.292 e. The number of hydrogen-bond donors (Lipinski definition) is 1. The number of rotatable bonds is 8. The van der Waals surface area contributed by atoms with Crippen molar-refractivity contribution in [2.75, 3.05) is 18.6 Å². The molecule has 0 aliphatic carbocycles. The lowest BCUT2D eigenvalue weighted by atomic mass is 10.2. The monoisotopic (exact) mass is 446 g/mol. The average molecular weight is 447 g/mol. The normalized spacial score (nSPS) is 10.9. The molecule has 2 aromatic carbocycles. The summed E-state index contributed by atoms with van der Waals surface area (Å²) >= 11 is 12.5. The number of halogens is 2. The van der Waals surface area contributed by atoms with Crippen LogP contribution in [0.25, 0.3) is 5.69 Å². The van der Waals surface area contributed by atoms with Crippen LogP contribution in [0, 0.1) is 0 Å². The molecule has 0 atom stereocenters. The van der Waals surface area contributed by atoms with E-state index < -0.39 is 5.56 Å². The minimum atomic E-state index is -0.453. The molecule has 0 unspecified atom stereocenters. The number of nitrogens with one attached hydrogen (secondary N) is 1. The Bertz CT molecular complexity index is 1100. The zero-order chi connectivity index (χ0) is 21.5. The van der Waals surface area contributed by atoms with Gasteiger partial charge >= 0.3 is 0 Å². The maximum atomic E-state index is 12.5. The molecule has 0 saturated heterocycles. The second-order valence-electron chi connectivity index (χ2n) is 5.99. The van der Waals surface area contributed by atoms with E-state index in [1.54, 1.807) is 24.3 Å². The van der Waals surface area contributed by atoms with E-state index in [2.05, 4.69) is 15.6 Å². The van der Waals surface area contributed by atoms with Crippen LogP contribution in [0.5, 0.6) is 11.5 Å². The fourth-order valence-corrected chi connectivity index (χ4v) is 3.09. The van der Waals surface area contributed by atoms with E-state index in [4.69, 9.17) is 32.7 Å². The first kappa shape index (κ1) is 21.7. The standard InChI is InChI=1S/C21H20Cl2N4O3/c1-3-29-18-11-14(10-16(22)20(18)30-4-2)12-24-26-17-13-25-27(21(28)19(17)23)15-8-6-5-7-9-15/h5-13,26H,3-4H2,1-2H3/b24-12-. The van der Waals surface area contributed by atoms with Crippen molar-refractivity contribution in [3.63, 3.8) is 0 Å². The Morgan fingerprint density at radius 1 is 1.13 bits per heavy atom. The molecule has 0 amide bonds. The summed E-state index contributed by atoms with van der Waals surface area (Å²) < 4.78 is 12.4. The van der Waals surface area contributed by atoms with E-state index in [-0.39, 0.29) is 10.7 Å². The molecule has 0 radical (unpaired) electrons. The third-order valence-corrected chi connectivity index (χ3v) is 4.58. The van der Waals surface area contributed by atoms with Crippen molar-refractivity contribution in [3.8, 4) is 17.2 Å². The van der Waals surface area contributed by atoms with Crippen LogP contribution in [-0.2, 0) is 0 Å². The topological polar surface area (TPSA) is 77.7 Å². The molecule has 1 heterocycles. The van der Waals surface area contributed by atoms with Crippen molar-refractivity contribution < 1.29 is 9.47 Å². The van der Waals surface area contributed by atoms with Gasteiger partial charge in [-0.05, 0) is 43.7 Å². The summed E-state index contributed by atoms with van der Waals surface area (Å²) in [5, 5.41) is 8.67. The summed E-state index contributed by atoms with van der Waals surface area (Å²) in [5.74, 6) is 1.02. The lowest BCUT2D eigenvalue weighted by Gasteiger charge is -2.13. The molecule has 0 bridgehead atoms. The van der Waals surface area contributed by atoms with Crippen LogP contribution in [0.4, 0.5) is 5.69 Å². The molecule has 0 saturated carbocycles. The van der Waals surface area contributed by atoms with Crippen molar-refractivity contribution in [1.29, 1.82) is 0 Å². The van der Waals surface area contributed by atoms with Gasteiger partial charge in [0.1, 0.15) is 10.7 Å². The molecular formula is C21H20Cl2N4O3. The van der Waals surface area contributed by atoms with Gasteiger partial charge in [-0.1, -0.05) is 41.4 Å². The Balaban J connectivity index is 1.82. The highest BCUT2D eigenvalue weighted by atomic mass is 35.5. The summed E-state index contributed by atoms with van der Waals surface area (Å²) in [6.07, 6.45) is 2.97. The van der Waals surface area contributed by atoms with Crippen LogP contribution in [0.1, 0.15) is 19.4 Å². The fourth-order valence-electron chi connectivity index (χ4n) is 2.65. The first-order valence-corrected chi connectivity index (χ1v) is 10.0. The molecule has 3 aromatic rings. The smallest absolute Gasteiger partial charge is 0.292 e. The molecule has 1 aromatic heterocycles. The van der Waals surface area contributed by atoms with E-state index >= 15 is 0 Å². The fraction of sp³-hybridized carbons (Fsp3) is 0.190. The van der Waals surface area contributed by atoms with Gasteiger partial charge in [0.15, 0.2) is 11.5 Å². The number of hydrazone groups is 1. The highest BCUT2D eigenvalue weighted by Crippen LogP contribution is 2.36. The quantitative estimate of drug-likeness (QED) is 0.397. The van der Waals surface area contributed by atoms with Gasteiger partial charge in [-0.2, -0.15) is 14.9 Å². The summed E-state index contributed by atoms with van der Waals surface area (Å²) in [6, 6.07) is 12.5. The van der Waals surface area contributed by atoms with Crippen molar-refractivity contribution in [2.24, 2.45) is 5.10 Å². The molecule has 9 heteroatoms. The lowest BCUT2D eigenvalue weighted by molar-refractivity contribution is 0.288. The Morgan fingerprint density at radius 3 is 2.57 bits per heavy atom. The molecule has 156 valence electrons. The van der Waals surface area contributed by atoms with Crippen LogP contribution in [-0.4, -0.2) is 29.2 Å². The van der Waals surface area contributed by atoms with Crippen LogP contribution in [0.15, 0.2) is 58.6 Å². The zero-order valence-corrected chi connectivity index (χ0v) is 17.9.